The molecule has 2 saturated heterocycles. The van der Waals surface area contributed by atoms with Crippen LogP contribution in [0.5, 0.6) is 0 Å². The van der Waals surface area contributed by atoms with Crippen LogP contribution in [0.25, 0.3) is 0 Å². The molecule has 0 spiro atoms. The summed E-state index contributed by atoms with van der Waals surface area (Å²) in [5, 5.41) is 21.9. The van der Waals surface area contributed by atoms with Gasteiger partial charge in [-0.1, -0.05) is 25.5 Å². The molecule has 2 aliphatic heterocycles. The predicted molar refractivity (Wildman–Crippen MR) is 189 cm³/mol. The quantitative estimate of drug-likeness (QED) is 0.192. The average Bonchev–Trinajstić information content (AvgIpc) is 3.54. The number of hydrogen-bond donors (Lipinski definition) is 3. The Morgan fingerprint density at radius 1 is 1.06 bits per heavy atom. The third-order valence-electron chi connectivity index (χ3n) is 12.5. The van der Waals surface area contributed by atoms with Crippen molar-refractivity contribution in [3.63, 3.8) is 0 Å². The minimum Gasteiger partial charge on any atom is -0.481 e. The zero-order valence-electron chi connectivity index (χ0n) is 29.5. The number of aromatic nitrogens is 4. The number of fused-ring (bicyclic) bond motifs is 3. The lowest BCUT2D eigenvalue weighted by atomic mass is 9.78. The third-order valence-corrected chi connectivity index (χ3v) is 12.5. The first kappa shape index (κ1) is 34.1. The number of halogens is 1. The van der Waals surface area contributed by atoms with Crippen molar-refractivity contribution in [2.45, 2.75) is 134 Å². The normalized spacial score (nSPS) is 26.7. The van der Waals surface area contributed by atoms with Crippen LogP contribution >= 0.6 is 0 Å². The SMILES string of the molecule is CC[C@@H](NCc1nc2c(c(N[C@@H](CN3[C@@H]4CCC[C@@H]3CC4)c3cnn(C)c3C)n1)C[C@H](c1cccc(F)c1)CC2)C1CCC(C(=O)O)CC1. The number of carboxylic acids is 1. The molecule has 5 atom stereocenters. The van der Waals surface area contributed by atoms with Gasteiger partial charge in [0.2, 0.25) is 0 Å². The zero-order valence-corrected chi connectivity index (χ0v) is 29.5. The highest BCUT2D eigenvalue weighted by Crippen LogP contribution is 2.40. The highest BCUT2D eigenvalue weighted by Gasteiger charge is 2.39. The van der Waals surface area contributed by atoms with E-state index in [9.17, 15) is 14.3 Å². The summed E-state index contributed by atoms with van der Waals surface area (Å²) < 4.78 is 16.3. The van der Waals surface area contributed by atoms with Gasteiger partial charge in [0.15, 0.2) is 0 Å². The number of rotatable bonds is 12. The predicted octanol–water partition coefficient (Wildman–Crippen LogP) is 6.86. The van der Waals surface area contributed by atoms with Gasteiger partial charge in [-0.3, -0.25) is 14.4 Å². The monoisotopic (exact) mass is 671 g/mol. The van der Waals surface area contributed by atoms with Crippen LogP contribution in [0.4, 0.5) is 10.2 Å². The molecule has 10 heteroatoms. The minimum atomic E-state index is -0.658. The Morgan fingerprint density at radius 3 is 2.51 bits per heavy atom. The Kier molecular flexibility index (Phi) is 10.3. The van der Waals surface area contributed by atoms with E-state index in [1.807, 2.05) is 30.1 Å². The standard InChI is InChI=1S/C39H54FN7O2/c1-4-34(25-11-13-26(14-12-25)39(48)49)41-22-37-43-35-18-15-28(27-7-5-8-29(40)19-27)20-32(35)38(45-37)44-36(33-21-42-46(3)24(33)2)23-47-30-9-6-10-31(47)17-16-30/h5,7-8,19,21,25-26,28,30-31,34,36,41H,4,6,9-18,20,22-23H2,1-3H3,(H,48,49)(H,43,44,45)/t25?,26?,28-,30-,31-,34-,36+/m1/s1. The number of aliphatic carboxylic acids is 1. The van der Waals surface area contributed by atoms with Gasteiger partial charge in [-0.05, 0) is 114 Å². The van der Waals surface area contributed by atoms with Crippen molar-refractivity contribution in [1.29, 1.82) is 0 Å². The molecule has 49 heavy (non-hydrogen) atoms. The van der Waals surface area contributed by atoms with Crippen LogP contribution in [0, 0.1) is 24.6 Å². The molecule has 7 rings (SSSR count). The smallest absolute Gasteiger partial charge is 0.306 e. The highest BCUT2D eigenvalue weighted by atomic mass is 19.1. The van der Waals surface area contributed by atoms with Crippen LogP contribution in [-0.2, 0) is 31.2 Å². The molecule has 0 unspecified atom stereocenters. The summed E-state index contributed by atoms with van der Waals surface area (Å²) in [6, 6.07) is 8.68. The van der Waals surface area contributed by atoms with E-state index in [-0.39, 0.29) is 23.7 Å². The van der Waals surface area contributed by atoms with Crippen LogP contribution in [0.3, 0.4) is 0 Å². The van der Waals surface area contributed by atoms with Crippen molar-refractivity contribution < 1.29 is 14.3 Å². The molecular weight excluding hydrogens is 617 g/mol. The molecule has 3 N–H and O–H groups in total. The van der Waals surface area contributed by atoms with Crippen LogP contribution in [0.2, 0.25) is 0 Å². The number of piperidine rings is 1. The largest absolute Gasteiger partial charge is 0.481 e. The molecule has 3 aromatic rings. The molecule has 4 heterocycles. The van der Waals surface area contributed by atoms with Gasteiger partial charge in [0, 0.05) is 54.2 Å². The Hall–Kier alpha value is -3.37. The van der Waals surface area contributed by atoms with Crippen LogP contribution in [0.1, 0.15) is 123 Å². The number of benzene rings is 1. The van der Waals surface area contributed by atoms with Crippen molar-refractivity contribution in [1.82, 2.24) is 30.0 Å². The van der Waals surface area contributed by atoms with Crippen molar-refractivity contribution in [3.8, 4) is 0 Å². The summed E-state index contributed by atoms with van der Waals surface area (Å²) in [4.78, 5) is 24.8. The number of carboxylic acid groups (broad SMARTS) is 1. The summed E-state index contributed by atoms with van der Waals surface area (Å²) in [5.74, 6) is 1.30. The van der Waals surface area contributed by atoms with Gasteiger partial charge in [-0.2, -0.15) is 5.10 Å². The average molecular weight is 672 g/mol. The van der Waals surface area contributed by atoms with E-state index in [4.69, 9.17) is 9.97 Å². The first-order chi connectivity index (χ1) is 23.8. The lowest BCUT2D eigenvalue weighted by molar-refractivity contribution is -0.143. The van der Waals surface area contributed by atoms with E-state index in [1.165, 1.54) is 43.7 Å². The fraction of sp³-hybridized carbons (Fsp3) is 0.641. The van der Waals surface area contributed by atoms with Gasteiger partial charge >= 0.3 is 5.97 Å². The van der Waals surface area contributed by atoms with E-state index in [2.05, 4.69) is 34.5 Å². The molecule has 264 valence electrons. The van der Waals surface area contributed by atoms with Gasteiger partial charge in [-0.25, -0.2) is 14.4 Å². The molecule has 2 aliphatic carbocycles. The minimum absolute atomic E-state index is 0.0251. The summed E-state index contributed by atoms with van der Waals surface area (Å²) in [7, 11) is 2.01. The van der Waals surface area contributed by atoms with Gasteiger partial charge < -0.3 is 15.7 Å². The van der Waals surface area contributed by atoms with Crippen molar-refractivity contribution >= 4 is 11.8 Å². The van der Waals surface area contributed by atoms with E-state index >= 15 is 0 Å². The summed E-state index contributed by atoms with van der Waals surface area (Å²) in [5.41, 5.74) is 5.65. The number of carbonyl (C=O) groups is 1. The second kappa shape index (κ2) is 14.9. The number of nitrogens with one attached hydrogen (secondary N) is 2. The van der Waals surface area contributed by atoms with Crippen LogP contribution in [0.15, 0.2) is 30.5 Å². The first-order valence-electron chi connectivity index (χ1n) is 18.9. The molecule has 2 aromatic heterocycles. The molecule has 4 aliphatic rings. The van der Waals surface area contributed by atoms with E-state index in [0.29, 0.717) is 30.6 Å². The lowest BCUT2D eigenvalue weighted by Crippen LogP contribution is -2.43. The van der Waals surface area contributed by atoms with Crippen LogP contribution in [-0.4, -0.2) is 60.4 Å². The second-order valence-electron chi connectivity index (χ2n) is 15.3. The number of nitrogens with zero attached hydrogens (tertiary/aromatic N) is 5. The first-order valence-corrected chi connectivity index (χ1v) is 18.9. The van der Waals surface area contributed by atoms with Crippen molar-refractivity contribution in [2.24, 2.45) is 18.9 Å². The van der Waals surface area contributed by atoms with Gasteiger partial charge in [0.1, 0.15) is 17.5 Å². The molecule has 0 amide bonds. The van der Waals surface area contributed by atoms with Crippen molar-refractivity contribution in [2.75, 3.05) is 11.9 Å². The summed E-state index contributed by atoms with van der Waals surface area (Å²) in [6.07, 6.45) is 15.4. The Balaban J connectivity index is 1.18. The number of anilines is 1. The maximum atomic E-state index is 14.3. The van der Waals surface area contributed by atoms with Crippen LogP contribution < -0.4 is 10.6 Å². The molecule has 1 saturated carbocycles. The lowest BCUT2D eigenvalue weighted by Gasteiger charge is -2.38. The van der Waals surface area contributed by atoms with Gasteiger partial charge in [0.05, 0.1) is 24.7 Å². The van der Waals surface area contributed by atoms with E-state index in [1.54, 1.807) is 6.07 Å². The molecule has 9 nitrogen and oxygen atoms in total. The fourth-order valence-corrected chi connectivity index (χ4v) is 9.52. The van der Waals surface area contributed by atoms with Crippen molar-refractivity contribution in [3.05, 3.63) is 70.2 Å². The van der Waals surface area contributed by atoms with E-state index in [0.717, 1.165) is 92.1 Å². The molecule has 0 radical (unpaired) electrons. The highest BCUT2D eigenvalue weighted by molar-refractivity contribution is 5.70. The Labute approximate surface area is 290 Å². The number of aryl methyl sites for hydroxylation is 2. The van der Waals surface area contributed by atoms with Gasteiger partial charge in [-0.15, -0.1) is 0 Å². The maximum Gasteiger partial charge on any atom is 0.306 e. The molecule has 2 bridgehead atoms. The fourth-order valence-electron chi connectivity index (χ4n) is 9.52. The number of hydrogen-bond acceptors (Lipinski definition) is 7. The summed E-state index contributed by atoms with van der Waals surface area (Å²) in [6.45, 7) is 5.85. The Morgan fingerprint density at radius 2 is 1.84 bits per heavy atom. The van der Waals surface area contributed by atoms with E-state index < -0.39 is 5.97 Å². The molecule has 3 fully saturated rings. The third kappa shape index (κ3) is 7.41. The van der Waals surface area contributed by atoms with Gasteiger partial charge in [0.25, 0.3) is 0 Å². The maximum absolute atomic E-state index is 14.3. The second-order valence-corrected chi connectivity index (χ2v) is 15.3. The molecule has 1 aromatic carbocycles. The Bertz CT molecular complexity index is 1600. The zero-order chi connectivity index (χ0) is 34.1. The molecular formula is C39H54FN7O2. The summed E-state index contributed by atoms with van der Waals surface area (Å²) >= 11 is 0. The topological polar surface area (TPSA) is 108 Å².